The minimum Gasteiger partial charge on any atom is -0.294 e. The van der Waals surface area contributed by atoms with Gasteiger partial charge in [0, 0.05) is 11.5 Å². The van der Waals surface area contributed by atoms with Gasteiger partial charge >= 0.3 is 0 Å². The molecule has 0 spiro atoms. The van der Waals surface area contributed by atoms with Crippen LogP contribution in [0, 0.1) is 17.7 Å². The van der Waals surface area contributed by atoms with Crippen molar-refractivity contribution in [3.63, 3.8) is 0 Å². The van der Waals surface area contributed by atoms with Crippen molar-refractivity contribution in [3.05, 3.63) is 35.6 Å². The Labute approximate surface area is 76.6 Å². The SMILES string of the molecule is CC1CC1C(=O)c1ccc(F)cc1. The molecule has 1 aromatic carbocycles. The molecule has 13 heavy (non-hydrogen) atoms. The van der Waals surface area contributed by atoms with Gasteiger partial charge in [0.25, 0.3) is 0 Å². The van der Waals surface area contributed by atoms with Crippen LogP contribution in [0.5, 0.6) is 0 Å². The van der Waals surface area contributed by atoms with E-state index in [1.807, 2.05) is 0 Å². The molecular weight excluding hydrogens is 167 g/mol. The first-order valence-electron chi connectivity index (χ1n) is 4.48. The van der Waals surface area contributed by atoms with Crippen molar-refractivity contribution < 1.29 is 9.18 Å². The summed E-state index contributed by atoms with van der Waals surface area (Å²) in [6.45, 7) is 2.06. The Morgan fingerprint density at radius 2 is 1.92 bits per heavy atom. The van der Waals surface area contributed by atoms with Crippen molar-refractivity contribution in [3.8, 4) is 0 Å². The lowest BCUT2D eigenvalue weighted by molar-refractivity contribution is 0.0962. The van der Waals surface area contributed by atoms with E-state index in [0.29, 0.717) is 11.5 Å². The van der Waals surface area contributed by atoms with E-state index in [9.17, 15) is 9.18 Å². The Hall–Kier alpha value is -1.18. The molecule has 1 aliphatic carbocycles. The average molecular weight is 178 g/mol. The Bertz CT molecular complexity index is 328. The lowest BCUT2D eigenvalue weighted by atomic mass is 10.1. The highest BCUT2D eigenvalue weighted by molar-refractivity contribution is 5.99. The molecule has 0 N–H and O–H groups in total. The molecule has 0 aromatic heterocycles. The lowest BCUT2D eigenvalue weighted by Gasteiger charge is -1.97. The summed E-state index contributed by atoms with van der Waals surface area (Å²) in [5.74, 6) is 0.566. The maximum atomic E-state index is 12.5. The number of halogens is 1. The van der Waals surface area contributed by atoms with Gasteiger partial charge in [0.15, 0.2) is 5.78 Å². The number of hydrogen-bond acceptors (Lipinski definition) is 1. The molecule has 2 rings (SSSR count). The summed E-state index contributed by atoms with van der Waals surface area (Å²) >= 11 is 0. The zero-order valence-corrected chi connectivity index (χ0v) is 7.46. The van der Waals surface area contributed by atoms with Crippen molar-refractivity contribution in [1.29, 1.82) is 0 Å². The van der Waals surface area contributed by atoms with E-state index in [1.165, 1.54) is 12.1 Å². The summed E-state index contributed by atoms with van der Waals surface area (Å²) in [6, 6.07) is 5.78. The molecule has 2 heteroatoms. The second-order valence-corrected chi connectivity index (χ2v) is 3.69. The largest absolute Gasteiger partial charge is 0.294 e. The molecule has 0 saturated heterocycles. The van der Waals surface area contributed by atoms with Crippen LogP contribution in [0.4, 0.5) is 4.39 Å². The molecule has 0 amide bonds. The monoisotopic (exact) mass is 178 g/mol. The second-order valence-electron chi connectivity index (χ2n) is 3.69. The van der Waals surface area contributed by atoms with Crippen LogP contribution in [0.15, 0.2) is 24.3 Å². The van der Waals surface area contributed by atoms with Gasteiger partial charge in [-0.2, -0.15) is 0 Å². The number of Topliss-reactive ketones (excluding diaryl/α,β-unsaturated/α-hetero) is 1. The maximum Gasteiger partial charge on any atom is 0.166 e. The molecule has 1 fully saturated rings. The highest BCUT2D eigenvalue weighted by Gasteiger charge is 2.39. The first-order chi connectivity index (χ1) is 6.18. The number of rotatable bonds is 2. The zero-order valence-electron chi connectivity index (χ0n) is 7.46. The summed E-state index contributed by atoms with van der Waals surface area (Å²) in [4.78, 5) is 11.6. The first kappa shape index (κ1) is 8.42. The fraction of sp³-hybridized carbons (Fsp3) is 0.364. The predicted octanol–water partition coefficient (Wildman–Crippen LogP) is 2.66. The molecule has 1 saturated carbocycles. The molecule has 1 aliphatic rings. The predicted molar refractivity (Wildman–Crippen MR) is 48.0 cm³/mol. The van der Waals surface area contributed by atoms with Gasteiger partial charge in [0.1, 0.15) is 5.82 Å². The van der Waals surface area contributed by atoms with Crippen LogP contribution in [0.3, 0.4) is 0 Å². The van der Waals surface area contributed by atoms with E-state index in [0.717, 1.165) is 6.42 Å². The molecular formula is C11H11FO. The minimum atomic E-state index is -0.291. The molecule has 68 valence electrons. The molecule has 0 radical (unpaired) electrons. The van der Waals surface area contributed by atoms with Gasteiger partial charge in [-0.3, -0.25) is 4.79 Å². The van der Waals surface area contributed by atoms with Crippen LogP contribution >= 0.6 is 0 Å². The van der Waals surface area contributed by atoms with Crippen LogP contribution in [-0.4, -0.2) is 5.78 Å². The summed E-state index contributed by atoms with van der Waals surface area (Å²) in [5, 5.41) is 0. The summed E-state index contributed by atoms with van der Waals surface area (Å²) in [5.41, 5.74) is 0.635. The highest BCUT2D eigenvalue weighted by atomic mass is 19.1. The fourth-order valence-corrected chi connectivity index (χ4v) is 1.52. The lowest BCUT2D eigenvalue weighted by Crippen LogP contribution is -2.02. The number of carbonyl (C=O) groups excluding carboxylic acids is 1. The topological polar surface area (TPSA) is 17.1 Å². The Morgan fingerprint density at radius 3 is 2.38 bits per heavy atom. The van der Waals surface area contributed by atoms with Crippen LogP contribution in [0.25, 0.3) is 0 Å². The third kappa shape index (κ3) is 1.62. The highest BCUT2D eigenvalue weighted by Crippen LogP contribution is 2.40. The van der Waals surface area contributed by atoms with Gasteiger partial charge in [0.2, 0.25) is 0 Å². The zero-order chi connectivity index (χ0) is 9.42. The van der Waals surface area contributed by atoms with E-state index in [4.69, 9.17) is 0 Å². The minimum absolute atomic E-state index is 0.160. The average Bonchev–Trinajstić information content (AvgIpc) is 2.83. The second kappa shape index (κ2) is 2.95. The smallest absolute Gasteiger partial charge is 0.166 e. The Balaban J connectivity index is 2.17. The van der Waals surface area contributed by atoms with Gasteiger partial charge in [0.05, 0.1) is 0 Å². The van der Waals surface area contributed by atoms with Gasteiger partial charge in [-0.25, -0.2) is 4.39 Å². The number of ketones is 1. The Morgan fingerprint density at radius 1 is 1.38 bits per heavy atom. The van der Waals surface area contributed by atoms with Crippen molar-refractivity contribution in [1.82, 2.24) is 0 Å². The number of carbonyl (C=O) groups is 1. The van der Waals surface area contributed by atoms with Crippen LogP contribution in [0.2, 0.25) is 0 Å². The van der Waals surface area contributed by atoms with E-state index in [1.54, 1.807) is 12.1 Å². The maximum absolute atomic E-state index is 12.5. The standard InChI is InChI=1S/C11H11FO/c1-7-6-10(7)11(13)8-2-4-9(12)5-3-8/h2-5,7,10H,6H2,1H3. The fourth-order valence-electron chi connectivity index (χ4n) is 1.52. The van der Waals surface area contributed by atoms with Crippen molar-refractivity contribution in [2.24, 2.45) is 11.8 Å². The van der Waals surface area contributed by atoms with Crippen molar-refractivity contribution in [2.75, 3.05) is 0 Å². The van der Waals surface area contributed by atoms with E-state index in [2.05, 4.69) is 6.92 Å². The van der Waals surface area contributed by atoms with E-state index in [-0.39, 0.29) is 17.5 Å². The summed E-state index contributed by atoms with van der Waals surface area (Å²) < 4.78 is 12.5. The number of benzene rings is 1. The van der Waals surface area contributed by atoms with E-state index < -0.39 is 0 Å². The molecule has 0 bridgehead atoms. The third-order valence-corrected chi connectivity index (χ3v) is 2.57. The van der Waals surface area contributed by atoms with Gasteiger partial charge < -0.3 is 0 Å². The van der Waals surface area contributed by atoms with Gasteiger partial charge in [-0.1, -0.05) is 6.92 Å². The molecule has 0 heterocycles. The summed E-state index contributed by atoms with van der Waals surface area (Å²) in [6.07, 6.45) is 0.982. The van der Waals surface area contributed by atoms with E-state index >= 15 is 0 Å². The molecule has 1 nitrogen and oxygen atoms in total. The molecule has 0 aliphatic heterocycles. The first-order valence-corrected chi connectivity index (χ1v) is 4.48. The van der Waals surface area contributed by atoms with Crippen molar-refractivity contribution in [2.45, 2.75) is 13.3 Å². The molecule has 2 atom stereocenters. The molecule has 2 unspecified atom stereocenters. The van der Waals surface area contributed by atoms with Crippen LogP contribution in [0.1, 0.15) is 23.7 Å². The summed E-state index contributed by atoms with van der Waals surface area (Å²) in [7, 11) is 0. The Kier molecular flexibility index (Phi) is 1.91. The normalized spacial score (nSPS) is 25.7. The molecule has 1 aromatic rings. The van der Waals surface area contributed by atoms with Gasteiger partial charge in [-0.15, -0.1) is 0 Å². The number of hydrogen-bond donors (Lipinski definition) is 0. The van der Waals surface area contributed by atoms with Crippen LogP contribution < -0.4 is 0 Å². The van der Waals surface area contributed by atoms with Crippen molar-refractivity contribution >= 4 is 5.78 Å². The third-order valence-electron chi connectivity index (χ3n) is 2.57. The van der Waals surface area contributed by atoms with Gasteiger partial charge in [-0.05, 0) is 36.6 Å². The quantitative estimate of drug-likeness (QED) is 0.636. The van der Waals surface area contributed by atoms with Crippen LogP contribution in [-0.2, 0) is 0 Å².